The summed E-state index contributed by atoms with van der Waals surface area (Å²) in [5, 5.41) is 20.1. The maximum absolute atomic E-state index is 13.0. The molecule has 0 saturated heterocycles. The lowest BCUT2D eigenvalue weighted by molar-refractivity contribution is -0.385. The maximum Gasteiger partial charge on any atom is 0.324 e. The molecule has 0 fully saturated rings. The third-order valence-corrected chi connectivity index (χ3v) is 5.43. The monoisotopic (exact) mass is 364 g/mol. The lowest BCUT2D eigenvalue weighted by Crippen LogP contribution is -2.36. The van der Waals surface area contributed by atoms with Gasteiger partial charge in [-0.3, -0.25) is 19.2 Å². The van der Waals surface area contributed by atoms with E-state index in [0.717, 1.165) is 15.9 Å². The Labute approximate surface area is 144 Å². The van der Waals surface area contributed by atoms with Crippen LogP contribution in [0.15, 0.2) is 47.4 Å². The Bertz CT molecular complexity index is 939. The van der Waals surface area contributed by atoms with E-state index in [1.165, 1.54) is 31.2 Å². The molecule has 2 rings (SSSR count). The summed E-state index contributed by atoms with van der Waals surface area (Å²) in [5.41, 5.74) is 0.824. The first kappa shape index (κ1) is 18.4. The van der Waals surface area contributed by atoms with Crippen molar-refractivity contribution in [3.63, 3.8) is 0 Å². The van der Waals surface area contributed by atoms with E-state index in [2.05, 4.69) is 0 Å². The molecule has 0 spiro atoms. The number of rotatable bonds is 6. The molecule has 2 aromatic carbocycles. The average molecular weight is 364 g/mol. The molecule has 2 aromatic rings. The van der Waals surface area contributed by atoms with E-state index >= 15 is 0 Å². The van der Waals surface area contributed by atoms with E-state index in [1.54, 1.807) is 19.1 Å². The molecule has 0 heterocycles. The number of non-ortho nitro benzene ring substituents is 1. The molecule has 0 saturated carbocycles. The number of benzene rings is 2. The number of aryl methyl sites for hydroxylation is 2. The molecular weight excluding hydrogens is 348 g/mol. The van der Waals surface area contributed by atoms with Crippen LogP contribution in [0.4, 0.5) is 11.4 Å². The molecule has 0 aliphatic heterocycles. The summed E-state index contributed by atoms with van der Waals surface area (Å²) in [5.74, 6) is -1.34. The van der Waals surface area contributed by atoms with Crippen LogP contribution in [0.25, 0.3) is 0 Å². The van der Waals surface area contributed by atoms with Gasteiger partial charge in [-0.15, -0.1) is 0 Å². The van der Waals surface area contributed by atoms with Crippen LogP contribution in [-0.4, -0.2) is 31.0 Å². The zero-order valence-electron chi connectivity index (χ0n) is 13.5. The first-order chi connectivity index (χ1) is 11.6. The van der Waals surface area contributed by atoms with Crippen molar-refractivity contribution in [3.8, 4) is 0 Å². The first-order valence-electron chi connectivity index (χ1n) is 7.19. The number of anilines is 1. The van der Waals surface area contributed by atoms with Crippen molar-refractivity contribution in [2.45, 2.75) is 18.7 Å². The Morgan fingerprint density at radius 1 is 1.20 bits per heavy atom. The molecule has 0 atom stereocenters. The molecule has 9 heteroatoms. The predicted molar refractivity (Wildman–Crippen MR) is 91.2 cm³/mol. The number of nitro groups is 1. The van der Waals surface area contributed by atoms with Gasteiger partial charge in [-0.25, -0.2) is 8.42 Å². The number of hydrogen-bond donors (Lipinski definition) is 1. The number of carboxylic acids is 1. The number of nitrogens with zero attached hydrogens (tertiary/aromatic N) is 2. The smallest absolute Gasteiger partial charge is 0.324 e. The van der Waals surface area contributed by atoms with E-state index in [1.807, 2.05) is 0 Å². The van der Waals surface area contributed by atoms with E-state index in [-0.39, 0.29) is 21.8 Å². The number of carbonyl (C=O) groups is 1. The molecule has 1 N–H and O–H groups in total. The molecule has 0 aliphatic carbocycles. The molecule has 0 aliphatic rings. The lowest BCUT2D eigenvalue weighted by Gasteiger charge is -2.23. The van der Waals surface area contributed by atoms with Crippen molar-refractivity contribution in [2.24, 2.45) is 0 Å². The second kappa shape index (κ2) is 6.89. The zero-order chi connectivity index (χ0) is 18.8. The molecule has 0 unspecified atom stereocenters. The molecule has 0 aromatic heterocycles. The zero-order valence-corrected chi connectivity index (χ0v) is 14.4. The van der Waals surface area contributed by atoms with Crippen LogP contribution in [0.5, 0.6) is 0 Å². The Morgan fingerprint density at radius 3 is 2.44 bits per heavy atom. The Hall–Kier alpha value is -2.94. The summed E-state index contributed by atoms with van der Waals surface area (Å²) < 4.78 is 26.8. The second-order valence-corrected chi connectivity index (χ2v) is 7.28. The Kier molecular flexibility index (Phi) is 5.07. The van der Waals surface area contributed by atoms with Gasteiger partial charge in [-0.1, -0.05) is 18.2 Å². The highest BCUT2D eigenvalue weighted by molar-refractivity contribution is 7.93. The quantitative estimate of drug-likeness (QED) is 0.621. The molecule has 0 bridgehead atoms. The van der Waals surface area contributed by atoms with Crippen LogP contribution in [0.2, 0.25) is 0 Å². The summed E-state index contributed by atoms with van der Waals surface area (Å²) in [6.07, 6.45) is 0. The molecular formula is C16H16N2O6S. The van der Waals surface area contributed by atoms with Gasteiger partial charge in [0.05, 0.1) is 15.5 Å². The lowest BCUT2D eigenvalue weighted by atomic mass is 10.2. The normalized spacial score (nSPS) is 11.1. The van der Waals surface area contributed by atoms with Gasteiger partial charge in [0.25, 0.3) is 15.7 Å². The van der Waals surface area contributed by atoms with Crippen LogP contribution in [0, 0.1) is 24.0 Å². The van der Waals surface area contributed by atoms with Gasteiger partial charge >= 0.3 is 5.97 Å². The topological polar surface area (TPSA) is 118 Å². The van der Waals surface area contributed by atoms with Crippen molar-refractivity contribution in [1.29, 1.82) is 0 Å². The largest absolute Gasteiger partial charge is 0.480 e. The van der Waals surface area contributed by atoms with Gasteiger partial charge in [-0.2, -0.15) is 0 Å². The molecule has 0 radical (unpaired) electrons. The summed E-state index contributed by atoms with van der Waals surface area (Å²) >= 11 is 0. The van der Waals surface area contributed by atoms with Crippen LogP contribution < -0.4 is 4.31 Å². The number of nitro benzene ring substituents is 1. The van der Waals surface area contributed by atoms with Gasteiger partial charge in [0.1, 0.15) is 6.54 Å². The minimum Gasteiger partial charge on any atom is -0.480 e. The summed E-state index contributed by atoms with van der Waals surface area (Å²) in [6.45, 7) is 2.44. The minimum atomic E-state index is -4.30. The highest BCUT2D eigenvalue weighted by Gasteiger charge is 2.30. The summed E-state index contributed by atoms with van der Waals surface area (Å²) in [6, 6.07) is 9.81. The summed E-state index contributed by atoms with van der Waals surface area (Å²) in [4.78, 5) is 21.1. The third-order valence-electron chi connectivity index (χ3n) is 3.52. The van der Waals surface area contributed by atoms with Crippen molar-refractivity contribution in [2.75, 3.05) is 10.8 Å². The maximum atomic E-state index is 13.0. The fraction of sp³-hybridized carbons (Fsp3) is 0.188. The second-order valence-electron chi connectivity index (χ2n) is 5.45. The highest BCUT2D eigenvalue weighted by Crippen LogP contribution is 2.28. The van der Waals surface area contributed by atoms with Crippen LogP contribution >= 0.6 is 0 Å². The van der Waals surface area contributed by atoms with Crippen LogP contribution in [-0.2, 0) is 14.8 Å². The molecule has 8 nitrogen and oxygen atoms in total. The number of aliphatic carboxylic acids is 1. The average Bonchev–Trinajstić information content (AvgIpc) is 2.52. The Morgan fingerprint density at radius 2 is 1.88 bits per heavy atom. The van der Waals surface area contributed by atoms with Crippen LogP contribution in [0.1, 0.15) is 11.1 Å². The number of sulfonamides is 1. The van der Waals surface area contributed by atoms with E-state index in [4.69, 9.17) is 5.11 Å². The van der Waals surface area contributed by atoms with Gasteiger partial charge in [0.2, 0.25) is 0 Å². The molecule has 132 valence electrons. The number of carboxylic acid groups (broad SMARTS) is 1. The molecule has 0 amide bonds. The van der Waals surface area contributed by atoms with Crippen molar-refractivity contribution >= 4 is 27.4 Å². The van der Waals surface area contributed by atoms with Gasteiger partial charge in [0, 0.05) is 12.1 Å². The Balaban J connectivity index is 2.65. The predicted octanol–water partition coefficient (Wildman–Crippen LogP) is 2.49. The van der Waals surface area contributed by atoms with Crippen molar-refractivity contribution in [3.05, 3.63) is 63.7 Å². The van der Waals surface area contributed by atoms with Gasteiger partial charge in [0.15, 0.2) is 0 Å². The van der Waals surface area contributed by atoms with E-state index in [9.17, 15) is 23.3 Å². The van der Waals surface area contributed by atoms with Crippen molar-refractivity contribution < 1.29 is 23.2 Å². The van der Waals surface area contributed by atoms with E-state index in [0.29, 0.717) is 0 Å². The van der Waals surface area contributed by atoms with Crippen molar-refractivity contribution in [1.82, 2.24) is 0 Å². The molecule has 25 heavy (non-hydrogen) atoms. The van der Waals surface area contributed by atoms with E-state index < -0.39 is 27.5 Å². The van der Waals surface area contributed by atoms with Gasteiger partial charge in [-0.05, 0) is 37.1 Å². The number of hydrogen-bond acceptors (Lipinski definition) is 5. The highest BCUT2D eigenvalue weighted by atomic mass is 32.2. The fourth-order valence-corrected chi connectivity index (χ4v) is 3.97. The summed E-state index contributed by atoms with van der Waals surface area (Å²) in [7, 11) is -4.30. The first-order valence-corrected chi connectivity index (χ1v) is 8.63. The standard InChI is InChI=1S/C16H16N2O6S/c1-11-4-3-5-13(8-11)17(10-16(19)20)25(23,24)15-9-14(18(21)22)7-6-12(15)2/h3-9H,10H2,1-2H3,(H,19,20). The third kappa shape index (κ3) is 3.94. The fourth-order valence-electron chi connectivity index (χ4n) is 2.32. The van der Waals surface area contributed by atoms with Crippen LogP contribution in [0.3, 0.4) is 0 Å². The minimum absolute atomic E-state index is 0.174. The van der Waals surface area contributed by atoms with Gasteiger partial charge < -0.3 is 5.11 Å². The SMILES string of the molecule is Cc1cccc(N(CC(=O)O)S(=O)(=O)c2cc([N+](=O)[O-])ccc2C)c1.